The second-order valence-electron chi connectivity index (χ2n) is 3.57. The highest BCUT2D eigenvalue weighted by Gasteiger charge is 2.11. The van der Waals surface area contributed by atoms with E-state index in [0.717, 1.165) is 36.0 Å². The van der Waals surface area contributed by atoms with Crippen molar-refractivity contribution in [3.8, 4) is 0 Å². The van der Waals surface area contributed by atoms with Crippen molar-refractivity contribution in [3.63, 3.8) is 0 Å². The number of rotatable bonds is 7. The summed E-state index contributed by atoms with van der Waals surface area (Å²) < 4.78 is 7.44. The zero-order chi connectivity index (χ0) is 12.0. The van der Waals surface area contributed by atoms with Crippen LogP contribution >= 0.6 is 11.6 Å². The van der Waals surface area contributed by atoms with Crippen LogP contribution in [-0.2, 0) is 17.9 Å². The number of nitrogens with one attached hydrogen (secondary N) is 1. The van der Waals surface area contributed by atoms with E-state index in [4.69, 9.17) is 16.3 Å². The van der Waals surface area contributed by atoms with Gasteiger partial charge in [0.2, 0.25) is 0 Å². The van der Waals surface area contributed by atoms with Gasteiger partial charge in [0, 0.05) is 13.1 Å². The Morgan fingerprint density at radius 2 is 2.19 bits per heavy atom. The topological polar surface area (TPSA) is 39.1 Å². The summed E-state index contributed by atoms with van der Waals surface area (Å²) in [6.45, 7) is 9.91. The zero-order valence-corrected chi connectivity index (χ0v) is 11.0. The largest absolute Gasteiger partial charge is 0.374 e. The molecule has 0 aliphatic rings. The molecule has 0 bridgehead atoms. The third kappa shape index (κ3) is 3.47. The van der Waals surface area contributed by atoms with Crippen molar-refractivity contribution in [1.29, 1.82) is 0 Å². The molecule has 0 aliphatic carbocycles. The molecule has 1 rings (SSSR count). The molecule has 0 amide bonds. The molecule has 0 spiro atoms. The highest BCUT2D eigenvalue weighted by atomic mass is 35.5. The van der Waals surface area contributed by atoms with E-state index < -0.39 is 0 Å². The van der Waals surface area contributed by atoms with Crippen molar-refractivity contribution in [2.45, 2.75) is 33.9 Å². The first-order valence-electron chi connectivity index (χ1n) is 5.70. The molecule has 0 unspecified atom stereocenters. The molecule has 5 heteroatoms. The number of halogens is 1. The summed E-state index contributed by atoms with van der Waals surface area (Å²) in [7, 11) is 0. The number of aryl methyl sites for hydroxylation is 2. The maximum absolute atomic E-state index is 6.15. The number of aromatic nitrogens is 2. The molecule has 0 radical (unpaired) electrons. The van der Waals surface area contributed by atoms with Crippen LogP contribution in [0.1, 0.15) is 25.2 Å². The minimum Gasteiger partial charge on any atom is -0.374 e. The number of likely N-dealkylation sites (N-methyl/N-ethyl adjacent to an activating group) is 1. The van der Waals surface area contributed by atoms with Gasteiger partial charge in [-0.15, -0.1) is 0 Å². The van der Waals surface area contributed by atoms with Crippen molar-refractivity contribution in [2.24, 2.45) is 0 Å². The molecule has 0 fully saturated rings. The molecule has 1 N–H and O–H groups in total. The fourth-order valence-electron chi connectivity index (χ4n) is 1.50. The van der Waals surface area contributed by atoms with Gasteiger partial charge in [0.25, 0.3) is 0 Å². The average Bonchev–Trinajstić information content (AvgIpc) is 2.56. The van der Waals surface area contributed by atoms with Crippen molar-refractivity contribution < 1.29 is 4.74 Å². The van der Waals surface area contributed by atoms with E-state index in [1.807, 2.05) is 18.5 Å². The molecule has 1 aromatic rings. The first-order chi connectivity index (χ1) is 7.70. The minimum atomic E-state index is 0.527. The second kappa shape index (κ2) is 6.89. The molecule has 92 valence electrons. The summed E-state index contributed by atoms with van der Waals surface area (Å²) in [6, 6.07) is 0. The van der Waals surface area contributed by atoms with E-state index in [9.17, 15) is 0 Å². The van der Waals surface area contributed by atoms with E-state index in [-0.39, 0.29) is 0 Å². The molecular weight excluding hydrogens is 226 g/mol. The molecule has 1 aromatic heterocycles. The van der Waals surface area contributed by atoms with Crippen molar-refractivity contribution >= 4 is 11.6 Å². The van der Waals surface area contributed by atoms with Crippen LogP contribution in [0.2, 0.25) is 5.02 Å². The third-order valence-electron chi connectivity index (χ3n) is 2.36. The summed E-state index contributed by atoms with van der Waals surface area (Å²) in [4.78, 5) is 0. The SMILES string of the molecule is CCNCCOCc1c(Cl)c(C)nn1CC. The first kappa shape index (κ1) is 13.5. The summed E-state index contributed by atoms with van der Waals surface area (Å²) >= 11 is 6.15. The standard InChI is InChI=1S/C11H20ClN3O/c1-4-13-6-7-16-8-10-11(12)9(3)14-15(10)5-2/h13H,4-8H2,1-3H3. The minimum absolute atomic E-state index is 0.527. The normalized spacial score (nSPS) is 11.0. The number of hydrogen-bond donors (Lipinski definition) is 1. The maximum Gasteiger partial charge on any atom is 0.0900 e. The average molecular weight is 246 g/mol. The molecule has 4 nitrogen and oxygen atoms in total. The Labute approximate surface area is 102 Å². The van der Waals surface area contributed by atoms with Gasteiger partial charge < -0.3 is 10.1 Å². The summed E-state index contributed by atoms with van der Waals surface area (Å²) in [5, 5.41) is 8.26. The summed E-state index contributed by atoms with van der Waals surface area (Å²) in [5.41, 5.74) is 1.84. The van der Waals surface area contributed by atoms with Gasteiger partial charge in [-0.1, -0.05) is 18.5 Å². The molecule has 1 heterocycles. The van der Waals surface area contributed by atoms with Crippen molar-refractivity contribution in [3.05, 3.63) is 16.4 Å². The third-order valence-corrected chi connectivity index (χ3v) is 2.86. The smallest absolute Gasteiger partial charge is 0.0900 e. The Balaban J connectivity index is 2.46. The van der Waals surface area contributed by atoms with Gasteiger partial charge in [-0.05, 0) is 20.4 Å². The molecule has 0 saturated carbocycles. The predicted octanol–water partition coefficient (Wildman–Crippen LogP) is 1.99. The van der Waals surface area contributed by atoms with Gasteiger partial charge in [0.1, 0.15) is 0 Å². The quantitative estimate of drug-likeness (QED) is 0.747. The number of nitrogens with zero attached hydrogens (tertiary/aromatic N) is 2. The fraction of sp³-hybridized carbons (Fsp3) is 0.727. The van der Waals surface area contributed by atoms with Crippen LogP contribution in [0.25, 0.3) is 0 Å². The monoisotopic (exact) mass is 245 g/mol. The number of hydrogen-bond acceptors (Lipinski definition) is 3. The van der Waals surface area contributed by atoms with Crippen LogP contribution in [0, 0.1) is 6.92 Å². The highest BCUT2D eigenvalue weighted by Crippen LogP contribution is 2.20. The lowest BCUT2D eigenvalue weighted by Crippen LogP contribution is -2.19. The van der Waals surface area contributed by atoms with E-state index >= 15 is 0 Å². The van der Waals surface area contributed by atoms with Gasteiger partial charge in [-0.3, -0.25) is 4.68 Å². The van der Waals surface area contributed by atoms with E-state index in [1.165, 1.54) is 0 Å². The van der Waals surface area contributed by atoms with Crippen molar-refractivity contribution in [1.82, 2.24) is 15.1 Å². The van der Waals surface area contributed by atoms with E-state index in [0.29, 0.717) is 13.2 Å². The molecule has 0 aliphatic heterocycles. The Morgan fingerprint density at radius 1 is 1.44 bits per heavy atom. The molecule has 0 atom stereocenters. The van der Waals surface area contributed by atoms with Gasteiger partial charge >= 0.3 is 0 Å². The van der Waals surface area contributed by atoms with E-state index in [2.05, 4.69) is 17.3 Å². The van der Waals surface area contributed by atoms with Gasteiger partial charge in [-0.25, -0.2) is 0 Å². The summed E-state index contributed by atoms with van der Waals surface area (Å²) in [6.07, 6.45) is 0. The lowest BCUT2D eigenvalue weighted by molar-refractivity contribution is 0.117. The van der Waals surface area contributed by atoms with Crippen LogP contribution in [0.3, 0.4) is 0 Å². The number of ether oxygens (including phenoxy) is 1. The molecule has 0 aromatic carbocycles. The van der Waals surface area contributed by atoms with Crippen LogP contribution in [0.5, 0.6) is 0 Å². The van der Waals surface area contributed by atoms with Crippen molar-refractivity contribution in [2.75, 3.05) is 19.7 Å². The second-order valence-corrected chi connectivity index (χ2v) is 3.95. The molecule has 0 saturated heterocycles. The summed E-state index contributed by atoms with van der Waals surface area (Å²) in [5.74, 6) is 0. The van der Waals surface area contributed by atoms with Crippen LogP contribution in [0.15, 0.2) is 0 Å². The highest BCUT2D eigenvalue weighted by molar-refractivity contribution is 6.31. The Hall–Kier alpha value is -0.580. The Bertz CT molecular complexity index is 325. The van der Waals surface area contributed by atoms with Crippen LogP contribution in [0.4, 0.5) is 0 Å². The molecular formula is C11H20ClN3O. The lowest BCUT2D eigenvalue weighted by Gasteiger charge is -2.07. The Kier molecular flexibility index (Phi) is 5.80. The lowest BCUT2D eigenvalue weighted by atomic mass is 10.4. The van der Waals surface area contributed by atoms with E-state index in [1.54, 1.807) is 0 Å². The van der Waals surface area contributed by atoms with Gasteiger partial charge in [0.05, 0.1) is 29.6 Å². The molecule has 16 heavy (non-hydrogen) atoms. The van der Waals surface area contributed by atoms with Crippen LogP contribution < -0.4 is 5.32 Å². The fourth-order valence-corrected chi connectivity index (χ4v) is 1.69. The first-order valence-corrected chi connectivity index (χ1v) is 6.08. The Morgan fingerprint density at radius 3 is 2.81 bits per heavy atom. The van der Waals surface area contributed by atoms with Crippen LogP contribution in [-0.4, -0.2) is 29.5 Å². The zero-order valence-electron chi connectivity index (χ0n) is 10.2. The maximum atomic E-state index is 6.15. The van der Waals surface area contributed by atoms with Gasteiger partial charge in [-0.2, -0.15) is 5.10 Å². The predicted molar refractivity (Wildman–Crippen MR) is 65.8 cm³/mol. The van der Waals surface area contributed by atoms with Gasteiger partial charge in [0.15, 0.2) is 0 Å².